The van der Waals surface area contributed by atoms with Gasteiger partial charge in [-0.25, -0.2) is 8.42 Å². The van der Waals surface area contributed by atoms with Crippen LogP contribution in [0.3, 0.4) is 0 Å². The molecule has 0 aliphatic carbocycles. The van der Waals surface area contributed by atoms with E-state index in [4.69, 9.17) is 0 Å². The highest BCUT2D eigenvalue weighted by molar-refractivity contribution is 9.10. The summed E-state index contributed by atoms with van der Waals surface area (Å²) >= 11 is 3.37. The van der Waals surface area contributed by atoms with Crippen molar-refractivity contribution in [1.29, 1.82) is 0 Å². The summed E-state index contributed by atoms with van der Waals surface area (Å²) in [6.07, 6.45) is -3.77. The van der Waals surface area contributed by atoms with E-state index >= 15 is 0 Å². The number of rotatable bonds is 12. The quantitative estimate of drug-likeness (QED) is 0.271. The number of hydrogen-bond donors (Lipinski definition) is 1. The Kier molecular flexibility index (Phi) is 11.2. The van der Waals surface area contributed by atoms with Crippen molar-refractivity contribution < 1.29 is 31.2 Å². The number of amides is 2. The number of halogens is 4. The summed E-state index contributed by atoms with van der Waals surface area (Å²) in [4.78, 5) is 28.9. The molecule has 12 heteroatoms. The van der Waals surface area contributed by atoms with E-state index in [1.807, 2.05) is 32.0 Å². The molecule has 226 valence electrons. The Balaban J connectivity index is 2.07. The predicted octanol–water partition coefficient (Wildman–Crippen LogP) is 5.65. The van der Waals surface area contributed by atoms with Crippen LogP contribution in [0.2, 0.25) is 0 Å². The lowest BCUT2D eigenvalue weighted by molar-refractivity contribution is -0.140. The van der Waals surface area contributed by atoms with Crippen molar-refractivity contribution in [3.63, 3.8) is 0 Å². The molecule has 0 fully saturated rings. The maximum Gasteiger partial charge on any atom is 0.416 e. The van der Waals surface area contributed by atoms with E-state index in [1.54, 1.807) is 36.4 Å². The first-order valence-corrected chi connectivity index (χ1v) is 15.8. The molecule has 0 saturated carbocycles. The zero-order valence-corrected chi connectivity index (χ0v) is 25.8. The van der Waals surface area contributed by atoms with Crippen molar-refractivity contribution in [2.24, 2.45) is 5.92 Å². The summed E-state index contributed by atoms with van der Waals surface area (Å²) in [5.41, 5.74) is 0.0795. The topological polar surface area (TPSA) is 86.8 Å². The van der Waals surface area contributed by atoms with Gasteiger partial charge in [0.25, 0.3) is 0 Å². The molecule has 7 nitrogen and oxygen atoms in total. The van der Waals surface area contributed by atoms with Crippen LogP contribution >= 0.6 is 15.9 Å². The molecule has 3 aromatic rings. The Morgan fingerprint density at radius 2 is 1.57 bits per heavy atom. The SMILES string of the molecule is CC(C)CNC(=O)[C@H](Cc1ccccc1)N(Cc1ccc(Br)cc1)C(=O)CN(c1cccc(C(F)(F)F)c1)S(C)(=O)=O. The van der Waals surface area contributed by atoms with E-state index in [9.17, 15) is 31.2 Å². The molecule has 3 aromatic carbocycles. The largest absolute Gasteiger partial charge is 0.416 e. The molecule has 0 aromatic heterocycles. The average Bonchev–Trinajstić information content (AvgIpc) is 2.92. The van der Waals surface area contributed by atoms with Gasteiger partial charge < -0.3 is 10.2 Å². The molecule has 1 atom stereocenters. The Morgan fingerprint density at radius 1 is 0.929 bits per heavy atom. The van der Waals surface area contributed by atoms with Crippen LogP contribution in [-0.4, -0.2) is 50.5 Å². The lowest BCUT2D eigenvalue weighted by atomic mass is 10.0. The Labute approximate surface area is 252 Å². The molecule has 3 rings (SSSR count). The minimum Gasteiger partial charge on any atom is -0.354 e. The summed E-state index contributed by atoms with van der Waals surface area (Å²) in [6, 6.07) is 18.9. The average molecular weight is 669 g/mol. The van der Waals surface area contributed by atoms with Gasteiger partial charge in [0.15, 0.2) is 0 Å². The second-order valence-electron chi connectivity index (χ2n) is 10.3. The van der Waals surface area contributed by atoms with Crippen molar-refractivity contribution in [3.8, 4) is 0 Å². The number of nitrogens with zero attached hydrogens (tertiary/aromatic N) is 2. The lowest BCUT2D eigenvalue weighted by Crippen LogP contribution is -2.53. The van der Waals surface area contributed by atoms with E-state index < -0.39 is 46.2 Å². The molecule has 2 amide bonds. The molecule has 0 unspecified atom stereocenters. The number of carbonyl (C=O) groups is 2. The van der Waals surface area contributed by atoms with Crippen LogP contribution in [-0.2, 0) is 38.8 Å². The van der Waals surface area contributed by atoms with Crippen LogP contribution in [0.4, 0.5) is 18.9 Å². The van der Waals surface area contributed by atoms with E-state index in [0.29, 0.717) is 22.5 Å². The van der Waals surface area contributed by atoms with Crippen LogP contribution in [0, 0.1) is 5.92 Å². The Hall–Kier alpha value is -3.38. The summed E-state index contributed by atoms with van der Waals surface area (Å²) in [6.45, 7) is 3.36. The molecule has 0 spiro atoms. The van der Waals surface area contributed by atoms with Crippen molar-refractivity contribution >= 4 is 43.5 Å². The van der Waals surface area contributed by atoms with E-state index in [0.717, 1.165) is 28.4 Å². The second-order valence-corrected chi connectivity index (χ2v) is 13.1. The van der Waals surface area contributed by atoms with Crippen molar-refractivity contribution in [3.05, 3.63) is 100 Å². The van der Waals surface area contributed by atoms with Gasteiger partial charge in [0, 0.05) is 24.0 Å². The van der Waals surface area contributed by atoms with Crippen LogP contribution in [0.15, 0.2) is 83.3 Å². The molecule has 0 saturated heterocycles. The number of anilines is 1. The van der Waals surface area contributed by atoms with Gasteiger partial charge in [-0.15, -0.1) is 0 Å². The molecule has 0 heterocycles. The van der Waals surface area contributed by atoms with Gasteiger partial charge in [-0.2, -0.15) is 13.2 Å². The van der Waals surface area contributed by atoms with Crippen molar-refractivity contribution in [2.45, 2.75) is 39.0 Å². The second kappa shape index (κ2) is 14.2. The Bertz CT molecular complexity index is 1470. The zero-order chi connectivity index (χ0) is 31.1. The van der Waals surface area contributed by atoms with Gasteiger partial charge in [0.05, 0.1) is 17.5 Å². The van der Waals surface area contributed by atoms with E-state index in [1.165, 1.54) is 11.0 Å². The maximum atomic E-state index is 14.0. The van der Waals surface area contributed by atoms with Gasteiger partial charge in [0.2, 0.25) is 21.8 Å². The minimum absolute atomic E-state index is 0.0428. The Morgan fingerprint density at radius 3 is 2.14 bits per heavy atom. The van der Waals surface area contributed by atoms with Gasteiger partial charge in [-0.05, 0) is 47.4 Å². The first kappa shape index (κ1) is 33.1. The normalized spacial score (nSPS) is 12.6. The van der Waals surface area contributed by atoms with Crippen LogP contribution in [0.1, 0.15) is 30.5 Å². The molecular weight excluding hydrogens is 635 g/mol. The number of benzene rings is 3. The predicted molar refractivity (Wildman–Crippen MR) is 160 cm³/mol. The van der Waals surface area contributed by atoms with Crippen molar-refractivity contribution in [2.75, 3.05) is 23.7 Å². The van der Waals surface area contributed by atoms with Gasteiger partial charge in [0.1, 0.15) is 12.6 Å². The summed E-state index contributed by atoms with van der Waals surface area (Å²) in [5.74, 6) is -1.05. The number of carbonyl (C=O) groups excluding carboxylic acids is 2. The number of sulfonamides is 1. The summed E-state index contributed by atoms with van der Waals surface area (Å²) in [5, 5.41) is 2.87. The van der Waals surface area contributed by atoms with Gasteiger partial charge in [-0.3, -0.25) is 13.9 Å². The highest BCUT2D eigenvalue weighted by Crippen LogP contribution is 2.32. The first-order chi connectivity index (χ1) is 19.6. The third kappa shape index (κ3) is 9.59. The third-order valence-corrected chi connectivity index (χ3v) is 8.03. The molecule has 0 aliphatic heterocycles. The molecule has 1 N–H and O–H groups in total. The lowest BCUT2D eigenvalue weighted by Gasteiger charge is -2.33. The van der Waals surface area contributed by atoms with Crippen molar-refractivity contribution in [1.82, 2.24) is 10.2 Å². The van der Waals surface area contributed by atoms with Crippen LogP contribution in [0.5, 0.6) is 0 Å². The number of alkyl halides is 3. The molecule has 0 bridgehead atoms. The minimum atomic E-state index is -4.72. The van der Waals surface area contributed by atoms with E-state index in [-0.39, 0.29) is 24.6 Å². The number of hydrogen-bond acceptors (Lipinski definition) is 4. The molecule has 42 heavy (non-hydrogen) atoms. The van der Waals surface area contributed by atoms with Crippen LogP contribution in [0.25, 0.3) is 0 Å². The molecular formula is C30H33BrF3N3O4S. The fourth-order valence-electron chi connectivity index (χ4n) is 4.21. The van der Waals surface area contributed by atoms with Gasteiger partial charge in [-0.1, -0.05) is 78.3 Å². The smallest absolute Gasteiger partial charge is 0.354 e. The molecule has 0 radical (unpaired) electrons. The fourth-order valence-corrected chi connectivity index (χ4v) is 5.32. The highest BCUT2D eigenvalue weighted by atomic mass is 79.9. The first-order valence-electron chi connectivity index (χ1n) is 13.2. The van der Waals surface area contributed by atoms with E-state index in [2.05, 4.69) is 21.2 Å². The zero-order valence-electron chi connectivity index (χ0n) is 23.4. The molecule has 0 aliphatic rings. The van der Waals surface area contributed by atoms with Crippen LogP contribution < -0.4 is 9.62 Å². The highest BCUT2D eigenvalue weighted by Gasteiger charge is 2.35. The third-order valence-electron chi connectivity index (χ3n) is 6.36. The fraction of sp³-hybridized carbons (Fsp3) is 0.333. The standard InChI is InChI=1S/C30H33BrF3N3O4S/c1-21(2)18-35-29(39)27(16-22-8-5-4-6-9-22)36(19-23-12-14-25(31)15-13-23)28(38)20-37(42(3,40)41)26-11-7-10-24(17-26)30(32,33)34/h4-15,17,21,27H,16,18-20H2,1-3H3,(H,35,39)/t27-/m0/s1. The summed E-state index contributed by atoms with van der Waals surface area (Å²) < 4.78 is 67.3. The van der Waals surface area contributed by atoms with Gasteiger partial charge >= 0.3 is 6.18 Å². The monoisotopic (exact) mass is 667 g/mol. The number of nitrogens with one attached hydrogen (secondary N) is 1. The maximum absolute atomic E-state index is 14.0. The summed E-state index contributed by atoms with van der Waals surface area (Å²) in [7, 11) is -4.20.